The zero-order valence-corrected chi connectivity index (χ0v) is 10.0. The Balaban J connectivity index is 2.17. The zero-order valence-electron chi connectivity index (χ0n) is 10.0. The van der Waals surface area contributed by atoms with Crippen molar-refractivity contribution in [1.29, 1.82) is 0 Å². The Morgan fingerprint density at radius 2 is 1.67 bits per heavy atom. The number of esters is 1. The normalized spacial score (nSPS) is 17.2. The molecule has 1 fully saturated rings. The molecule has 1 saturated heterocycles. The number of rotatable bonds is 6. The highest BCUT2D eigenvalue weighted by Crippen LogP contribution is 2.02. The number of nitrogens with zero attached hydrogens (tertiary/aromatic N) is 3. The second kappa shape index (κ2) is 6.87. The number of ketones is 1. The predicted molar refractivity (Wildman–Crippen MR) is 57.7 cm³/mol. The summed E-state index contributed by atoms with van der Waals surface area (Å²) in [7, 11) is 0. The molecule has 0 atom stereocenters. The Hall–Kier alpha value is -1.74. The minimum Gasteiger partial charge on any atom is -0.444 e. The molecule has 0 aromatic heterocycles. The Labute approximate surface area is 103 Å². The molecular weight excluding hydrogens is 246 g/mol. The lowest BCUT2D eigenvalue weighted by atomic mass is 10.3. The molecule has 0 spiro atoms. The molecule has 9 heteroatoms. The maximum Gasteiger partial charge on any atom is 0.375 e. The molecule has 1 rings (SSSR count). The van der Waals surface area contributed by atoms with E-state index in [4.69, 9.17) is 4.74 Å². The van der Waals surface area contributed by atoms with E-state index >= 15 is 0 Å². The van der Waals surface area contributed by atoms with Crippen molar-refractivity contribution < 1.29 is 24.3 Å². The van der Waals surface area contributed by atoms with Crippen LogP contribution in [-0.4, -0.2) is 66.3 Å². The van der Waals surface area contributed by atoms with Crippen LogP contribution in [0, 0.1) is 10.1 Å². The quantitative estimate of drug-likeness (QED) is 0.256. The summed E-state index contributed by atoms with van der Waals surface area (Å²) in [4.78, 5) is 39.4. The van der Waals surface area contributed by atoms with Crippen molar-refractivity contribution in [3.8, 4) is 0 Å². The second-order valence-corrected chi connectivity index (χ2v) is 3.83. The monoisotopic (exact) mass is 261 g/mol. The summed E-state index contributed by atoms with van der Waals surface area (Å²) < 4.78 is 4.76. The molecule has 1 aliphatic rings. The summed E-state index contributed by atoms with van der Waals surface area (Å²) in [5.41, 5.74) is 0. The first-order valence-electron chi connectivity index (χ1n) is 5.38. The summed E-state index contributed by atoms with van der Waals surface area (Å²) in [6, 6.07) is 0. The van der Waals surface area contributed by atoms with Crippen molar-refractivity contribution in [3.63, 3.8) is 0 Å². The van der Waals surface area contributed by atoms with Gasteiger partial charge in [-0.25, -0.2) is 4.79 Å². The van der Waals surface area contributed by atoms with E-state index < -0.39 is 16.8 Å². The van der Waals surface area contributed by atoms with Crippen LogP contribution in [0.4, 0.5) is 0 Å². The molecule has 1 heterocycles. The van der Waals surface area contributed by atoms with Gasteiger partial charge in [0.1, 0.15) is 13.5 Å². The number of Topliss-reactive ketones (excluding diaryl/α,β-unsaturated/α-hetero) is 1. The Morgan fingerprint density at radius 3 is 2.11 bits per heavy atom. The van der Waals surface area contributed by atoms with Gasteiger partial charge in [0, 0.05) is 33.1 Å². The number of piperazine rings is 1. The van der Waals surface area contributed by atoms with E-state index in [2.05, 4.69) is 4.84 Å². The largest absolute Gasteiger partial charge is 0.444 e. The highest BCUT2D eigenvalue weighted by molar-refractivity contribution is 6.32. The van der Waals surface area contributed by atoms with E-state index in [-0.39, 0.29) is 13.5 Å². The summed E-state index contributed by atoms with van der Waals surface area (Å²) in [5, 5.41) is 9.17. The van der Waals surface area contributed by atoms with Crippen LogP contribution in [-0.2, 0) is 19.2 Å². The molecule has 0 aliphatic carbocycles. The molecule has 0 amide bonds. The molecule has 18 heavy (non-hydrogen) atoms. The molecule has 1 aliphatic heterocycles. The van der Waals surface area contributed by atoms with E-state index in [1.54, 1.807) is 4.90 Å². The van der Waals surface area contributed by atoms with E-state index in [9.17, 15) is 19.7 Å². The van der Waals surface area contributed by atoms with Gasteiger partial charge in [0.15, 0.2) is 0 Å². The maximum absolute atomic E-state index is 10.9. The SMILES string of the molecule is CC(=O)C(=O)OCN1CCN(CO[N+](=O)[O-])CC1. The third-order valence-corrected chi connectivity index (χ3v) is 2.48. The van der Waals surface area contributed by atoms with Crippen LogP contribution in [0.2, 0.25) is 0 Å². The molecule has 0 unspecified atom stereocenters. The first-order chi connectivity index (χ1) is 8.49. The van der Waals surface area contributed by atoms with Gasteiger partial charge >= 0.3 is 5.97 Å². The summed E-state index contributed by atoms with van der Waals surface area (Å²) in [6.07, 6.45) is 0. The Kier molecular flexibility index (Phi) is 5.46. The smallest absolute Gasteiger partial charge is 0.375 e. The molecule has 0 aromatic carbocycles. The number of ether oxygens (including phenoxy) is 1. The summed E-state index contributed by atoms with van der Waals surface area (Å²) in [5.74, 6) is -1.48. The van der Waals surface area contributed by atoms with Gasteiger partial charge in [0.05, 0.1) is 0 Å². The van der Waals surface area contributed by atoms with Crippen molar-refractivity contribution in [3.05, 3.63) is 10.1 Å². The zero-order chi connectivity index (χ0) is 13.5. The molecule has 9 nitrogen and oxygen atoms in total. The number of carbonyl (C=O) groups is 2. The number of hydrogen-bond acceptors (Lipinski definition) is 8. The fourth-order valence-electron chi connectivity index (χ4n) is 1.43. The minimum absolute atomic E-state index is 0.0579. The van der Waals surface area contributed by atoms with E-state index in [1.807, 2.05) is 4.90 Å². The van der Waals surface area contributed by atoms with E-state index in [0.29, 0.717) is 26.2 Å². The van der Waals surface area contributed by atoms with Gasteiger partial charge < -0.3 is 4.74 Å². The Bertz CT molecular complexity index is 326. The van der Waals surface area contributed by atoms with Gasteiger partial charge in [-0.15, -0.1) is 10.1 Å². The summed E-state index contributed by atoms with van der Waals surface area (Å²) >= 11 is 0. The number of hydrogen-bond donors (Lipinski definition) is 0. The van der Waals surface area contributed by atoms with Crippen LogP contribution in [0.25, 0.3) is 0 Å². The first kappa shape index (κ1) is 14.3. The van der Waals surface area contributed by atoms with E-state index in [0.717, 1.165) is 6.92 Å². The van der Waals surface area contributed by atoms with Crippen LogP contribution in [0.5, 0.6) is 0 Å². The lowest BCUT2D eigenvalue weighted by Gasteiger charge is -2.33. The standard InChI is InChI=1S/C9H15N3O6/c1-8(13)9(14)17-6-10-2-4-11(5-3-10)7-18-12(15)16/h2-7H2,1H3. The molecular formula is C9H15N3O6. The molecule has 0 aromatic rings. The van der Waals surface area contributed by atoms with Gasteiger partial charge in [0.2, 0.25) is 5.78 Å². The van der Waals surface area contributed by atoms with Crippen LogP contribution in [0.3, 0.4) is 0 Å². The third kappa shape index (κ3) is 5.06. The lowest BCUT2D eigenvalue weighted by molar-refractivity contribution is -0.762. The van der Waals surface area contributed by atoms with Gasteiger partial charge in [-0.05, 0) is 0 Å². The topological polar surface area (TPSA) is 102 Å². The fourth-order valence-corrected chi connectivity index (χ4v) is 1.43. The van der Waals surface area contributed by atoms with Crippen LogP contribution in [0.15, 0.2) is 0 Å². The van der Waals surface area contributed by atoms with E-state index in [1.165, 1.54) is 0 Å². The van der Waals surface area contributed by atoms with Crippen LogP contribution >= 0.6 is 0 Å². The van der Waals surface area contributed by atoms with Crippen molar-refractivity contribution in [2.45, 2.75) is 6.92 Å². The van der Waals surface area contributed by atoms with Gasteiger partial charge in [0.25, 0.3) is 5.09 Å². The molecule has 102 valence electrons. The molecule has 0 N–H and O–H groups in total. The highest BCUT2D eigenvalue weighted by Gasteiger charge is 2.19. The van der Waals surface area contributed by atoms with Crippen molar-refractivity contribution in [2.24, 2.45) is 0 Å². The number of carbonyl (C=O) groups excluding carboxylic acids is 2. The minimum atomic E-state index is -0.853. The van der Waals surface area contributed by atoms with Gasteiger partial charge in [-0.3, -0.25) is 19.4 Å². The average Bonchev–Trinajstić information content (AvgIpc) is 2.34. The predicted octanol–water partition coefficient (Wildman–Crippen LogP) is -1.14. The lowest BCUT2D eigenvalue weighted by Crippen LogP contribution is -2.48. The van der Waals surface area contributed by atoms with Crippen molar-refractivity contribution in [1.82, 2.24) is 9.80 Å². The van der Waals surface area contributed by atoms with Crippen molar-refractivity contribution >= 4 is 11.8 Å². The van der Waals surface area contributed by atoms with Crippen LogP contribution in [0.1, 0.15) is 6.92 Å². The molecule has 0 radical (unpaired) electrons. The molecule has 0 saturated carbocycles. The maximum atomic E-state index is 10.9. The average molecular weight is 261 g/mol. The summed E-state index contributed by atoms with van der Waals surface area (Å²) in [6.45, 7) is 3.47. The van der Waals surface area contributed by atoms with Crippen molar-refractivity contribution in [2.75, 3.05) is 39.6 Å². The molecule has 0 bridgehead atoms. The fraction of sp³-hybridized carbons (Fsp3) is 0.778. The highest BCUT2D eigenvalue weighted by atomic mass is 17.0. The van der Waals surface area contributed by atoms with Gasteiger partial charge in [-0.1, -0.05) is 0 Å². The van der Waals surface area contributed by atoms with Gasteiger partial charge in [-0.2, -0.15) is 0 Å². The third-order valence-electron chi connectivity index (χ3n) is 2.48. The Morgan fingerprint density at radius 1 is 1.17 bits per heavy atom. The first-order valence-corrected chi connectivity index (χ1v) is 5.38. The second-order valence-electron chi connectivity index (χ2n) is 3.83. The van der Waals surface area contributed by atoms with Crippen LogP contribution < -0.4 is 0 Å².